The van der Waals surface area contributed by atoms with E-state index in [-0.39, 0.29) is 12.3 Å². The zero-order valence-electron chi connectivity index (χ0n) is 18.7. The number of carboxylic acids is 1. The highest BCUT2D eigenvalue weighted by molar-refractivity contribution is 5.79. The number of nitrogens with zero attached hydrogens (tertiary/aromatic N) is 2. The molecule has 7 heteroatoms. The lowest BCUT2D eigenvalue weighted by Gasteiger charge is -2.37. The molecule has 170 valence electrons. The minimum Gasteiger partial charge on any atom is -0.481 e. The quantitative estimate of drug-likeness (QED) is 0.565. The van der Waals surface area contributed by atoms with Crippen LogP contribution < -0.4 is 10.2 Å². The summed E-state index contributed by atoms with van der Waals surface area (Å²) >= 11 is 0. The third-order valence-corrected chi connectivity index (χ3v) is 5.88. The van der Waals surface area contributed by atoms with Gasteiger partial charge in [0.05, 0.1) is 35.7 Å². The summed E-state index contributed by atoms with van der Waals surface area (Å²) in [5, 5.41) is 22.4. The summed E-state index contributed by atoms with van der Waals surface area (Å²) < 4.78 is 10.8. The zero-order chi connectivity index (χ0) is 22.9. The maximum atomic E-state index is 11.4. The van der Waals surface area contributed by atoms with Crippen LogP contribution in [0.5, 0.6) is 0 Å². The van der Waals surface area contributed by atoms with Crippen LogP contribution in [0, 0.1) is 11.3 Å². The molecular formula is C25H31N3O4. The first-order valence-corrected chi connectivity index (χ1v) is 11.0. The van der Waals surface area contributed by atoms with E-state index in [1.165, 1.54) is 0 Å². The van der Waals surface area contributed by atoms with Crippen LogP contribution in [0.2, 0.25) is 0 Å². The molecule has 1 unspecified atom stereocenters. The molecule has 1 aliphatic rings. The van der Waals surface area contributed by atoms with Crippen LogP contribution in [0.4, 0.5) is 17.1 Å². The van der Waals surface area contributed by atoms with Gasteiger partial charge in [0.15, 0.2) is 0 Å². The average molecular weight is 438 g/mol. The Morgan fingerprint density at radius 3 is 2.69 bits per heavy atom. The molecule has 0 aromatic heterocycles. The lowest BCUT2D eigenvalue weighted by molar-refractivity contribution is -0.137. The number of benzene rings is 2. The number of carbonyl (C=O) groups is 1. The van der Waals surface area contributed by atoms with Crippen molar-refractivity contribution in [3.8, 4) is 6.07 Å². The van der Waals surface area contributed by atoms with Crippen LogP contribution in [0.15, 0.2) is 42.5 Å². The molecule has 32 heavy (non-hydrogen) atoms. The number of hydrogen-bond donors (Lipinski definition) is 2. The fourth-order valence-corrected chi connectivity index (χ4v) is 4.30. The van der Waals surface area contributed by atoms with Crippen LogP contribution in [0.3, 0.4) is 0 Å². The Kier molecular flexibility index (Phi) is 8.48. The van der Waals surface area contributed by atoms with Gasteiger partial charge in [0.25, 0.3) is 0 Å². The molecule has 1 atom stereocenters. The van der Waals surface area contributed by atoms with E-state index in [4.69, 9.17) is 9.47 Å². The van der Waals surface area contributed by atoms with E-state index >= 15 is 0 Å². The van der Waals surface area contributed by atoms with E-state index in [0.717, 1.165) is 55.2 Å². The van der Waals surface area contributed by atoms with Crippen LogP contribution in [-0.2, 0) is 14.3 Å². The zero-order valence-corrected chi connectivity index (χ0v) is 18.7. The molecule has 3 rings (SSSR count). The Bertz CT molecular complexity index is 950. The maximum absolute atomic E-state index is 11.4. The molecule has 7 nitrogen and oxygen atoms in total. The standard InChI is InChI=1S/C25H31N3O4/c1-3-28(21-10-12-32-13-11-21)24-9-8-18(20(17-31-2)15-25(29)30)14-23(24)27-22-7-5-4-6-19(22)16-26/h4-9,14,20-21,27H,3,10-13,15,17H2,1-2H3,(H,29,30). The van der Waals surface area contributed by atoms with E-state index in [1.54, 1.807) is 13.2 Å². The second-order valence-corrected chi connectivity index (χ2v) is 7.94. The molecule has 1 aliphatic heterocycles. The summed E-state index contributed by atoms with van der Waals surface area (Å²) in [5.74, 6) is -1.13. The summed E-state index contributed by atoms with van der Waals surface area (Å²) in [6.07, 6.45) is 1.89. The van der Waals surface area contributed by atoms with Gasteiger partial charge in [0.2, 0.25) is 0 Å². The number of methoxy groups -OCH3 is 1. The number of ether oxygens (including phenoxy) is 2. The Morgan fingerprint density at radius 1 is 1.28 bits per heavy atom. The first-order valence-electron chi connectivity index (χ1n) is 11.0. The highest BCUT2D eigenvalue weighted by Crippen LogP contribution is 2.36. The fourth-order valence-electron chi connectivity index (χ4n) is 4.30. The Morgan fingerprint density at radius 2 is 2.03 bits per heavy atom. The molecular weight excluding hydrogens is 406 g/mol. The minimum atomic E-state index is -0.863. The smallest absolute Gasteiger partial charge is 0.304 e. The molecule has 1 saturated heterocycles. The van der Waals surface area contributed by atoms with Crippen molar-refractivity contribution in [1.29, 1.82) is 5.26 Å². The van der Waals surface area contributed by atoms with Crippen molar-refractivity contribution in [1.82, 2.24) is 0 Å². The Labute approximate surface area is 189 Å². The maximum Gasteiger partial charge on any atom is 0.304 e. The predicted octanol–water partition coefficient (Wildman–Crippen LogP) is 4.51. The number of nitrogens with one attached hydrogen (secondary N) is 1. The van der Waals surface area contributed by atoms with E-state index < -0.39 is 5.97 Å². The van der Waals surface area contributed by atoms with Gasteiger partial charge >= 0.3 is 5.97 Å². The molecule has 2 aromatic rings. The SMILES string of the molecule is CCN(c1ccc(C(COC)CC(=O)O)cc1Nc1ccccc1C#N)C1CCOCC1. The normalized spacial score (nSPS) is 15.0. The number of aliphatic carboxylic acids is 1. The van der Waals surface area contributed by atoms with Crippen LogP contribution in [-0.4, -0.2) is 50.6 Å². The van der Waals surface area contributed by atoms with E-state index in [2.05, 4.69) is 29.3 Å². The van der Waals surface area contributed by atoms with Crippen LogP contribution in [0.25, 0.3) is 0 Å². The van der Waals surface area contributed by atoms with Gasteiger partial charge in [-0.05, 0) is 49.6 Å². The van der Waals surface area contributed by atoms with Crippen molar-refractivity contribution in [3.63, 3.8) is 0 Å². The monoisotopic (exact) mass is 437 g/mol. The number of carboxylic acid groups (broad SMARTS) is 1. The first kappa shape index (κ1) is 23.6. The number of hydrogen-bond acceptors (Lipinski definition) is 6. The van der Waals surface area contributed by atoms with Crippen molar-refractivity contribution < 1.29 is 19.4 Å². The molecule has 1 fully saturated rings. The second kappa shape index (κ2) is 11.5. The van der Waals surface area contributed by atoms with Gasteiger partial charge in [-0.25, -0.2) is 0 Å². The number of nitriles is 1. The third kappa shape index (κ3) is 5.78. The number of rotatable bonds is 10. The summed E-state index contributed by atoms with van der Waals surface area (Å²) in [5.41, 5.74) is 4.04. The van der Waals surface area contributed by atoms with Crippen LogP contribution >= 0.6 is 0 Å². The van der Waals surface area contributed by atoms with Gasteiger partial charge in [-0.2, -0.15) is 5.26 Å². The Hall–Kier alpha value is -3.08. The van der Waals surface area contributed by atoms with Crippen molar-refractivity contribution in [2.24, 2.45) is 0 Å². The van der Waals surface area contributed by atoms with Crippen molar-refractivity contribution in [2.75, 3.05) is 43.7 Å². The third-order valence-electron chi connectivity index (χ3n) is 5.88. The summed E-state index contributed by atoms with van der Waals surface area (Å²) in [6, 6.07) is 16.0. The lowest BCUT2D eigenvalue weighted by atomic mass is 9.94. The van der Waals surface area contributed by atoms with Gasteiger partial charge < -0.3 is 24.8 Å². The molecule has 0 aliphatic carbocycles. The van der Waals surface area contributed by atoms with Gasteiger partial charge in [-0.3, -0.25) is 4.79 Å². The molecule has 1 heterocycles. The molecule has 0 saturated carbocycles. The molecule has 0 spiro atoms. The Balaban J connectivity index is 2.04. The summed E-state index contributed by atoms with van der Waals surface area (Å²) in [7, 11) is 1.58. The minimum absolute atomic E-state index is 0.0150. The van der Waals surface area contributed by atoms with Gasteiger partial charge in [-0.1, -0.05) is 18.2 Å². The van der Waals surface area contributed by atoms with Crippen LogP contribution in [0.1, 0.15) is 43.2 Å². The molecule has 2 aromatic carbocycles. The summed E-state index contributed by atoms with van der Waals surface area (Å²) in [4.78, 5) is 13.8. The van der Waals surface area contributed by atoms with Crippen molar-refractivity contribution in [2.45, 2.75) is 38.1 Å². The number of anilines is 3. The molecule has 0 radical (unpaired) electrons. The topological polar surface area (TPSA) is 94.8 Å². The van der Waals surface area contributed by atoms with E-state index in [1.807, 2.05) is 30.3 Å². The second-order valence-electron chi connectivity index (χ2n) is 7.94. The van der Waals surface area contributed by atoms with E-state index in [0.29, 0.717) is 18.2 Å². The largest absolute Gasteiger partial charge is 0.481 e. The van der Waals surface area contributed by atoms with Crippen molar-refractivity contribution in [3.05, 3.63) is 53.6 Å². The summed E-state index contributed by atoms with van der Waals surface area (Å²) in [6.45, 7) is 4.77. The van der Waals surface area contributed by atoms with Gasteiger partial charge in [0, 0.05) is 38.8 Å². The van der Waals surface area contributed by atoms with E-state index in [9.17, 15) is 15.2 Å². The van der Waals surface area contributed by atoms with Crippen molar-refractivity contribution >= 4 is 23.0 Å². The van der Waals surface area contributed by atoms with Gasteiger partial charge in [0.1, 0.15) is 6.07 Å². The fraction of sp³-hybridized carbons (Fsp3) is 0.440. The first-order chi connectivity index (χ1) is 15.6. The highest BCUT2D eigenvalue weighted by atomic mass is 16.5. The predicted molar refractivity (Wildman–Crippen MR) is 125 cm³/mol. The molecule has 0 amide bonds. The number of para-hydroxylation sites is 1. The van der Waals surface area contributed by atoms with Gasteiger partial charge in [-0.15, -0.1) is 0 Å². The highest BCUT2D eigenvalue weighted by Gasteiger charge is 2.24. The lowest BCUT2D eigenvalue weighted by Crippen LogP contribution is -2.39. The average Bonchev–Trinajstić information content (AvgIpc) is 2.81. The molecule has 2 N–H and O–H groups in total. The molecule has 0 bridgehead atoms.